The largest absolute Gasteiger partial charge is 0.347 e. The molecule has 2 rings (SSSR count). The molecule has 0 saturated heterocycles. The molecular weight excluding hydrogens is 310 g/mol. The highest BCUT2D eigenvalue weighted by Crippen LogP contribution is 2.35. The Hall–Kier alpha value is -1.07. The second-order valence-electron chi connectivity index (χ2n) is 5.55. The Morgan fingerprint density at radius 1 is 1.33 bits per heavy atom. The zero-order valence-electron chi connectivity index (χ0n) is 12.3. The molecule has 0 unspecified atom stereocenters. The van der Waals surface area contributed by atoms with Crippen LogP contribution in [-0.4, -0.2) is 19.9 Å². The van der Waals surface area contributed by atoms with Gasteiger partial charge in [-0.2, -0.15) is 0 Å². The van der Waals surface area contributed by atoms with E-state index in [4.69, 9.17) is 10.7 Å². The van der Waals surface area contributed by atoms with Crippen molar-refractivity contribution in [1.29, 1.82) is 0 Å². The normalized spacial score (nSPS) is 17.1. The van der Waals surface area contributed by atoms with E-state index in [1.54, 1.807) is 6.07 Å². The number of carbonyl (C=O) groups excluding carboxylic acids is 1. The summed E-state index contributed by atoms with van der Waals surface area (Å²) >= 11 is 0. The van der Waals surface area contributed by atoms with E-state index in [-0.39, 0.29) is 16.3 Å². The van der Waals surface area contributed by atoms with E-state index in [1.807, 2.05) is 6.92 Å². The topological polar surface area (TPSA) is 63.2 Å². The quantitative estimate of drug-likeness (QED) is 0.843. The van der Waals surface area contributed by atoms with E-state index in [9.17, 15) is 13.2 Å². The van der Waals surface area contributed by atoms with Gasteiger partial charge in [0.15, 0.2) is 0 Å². The summed E-state index contributed by atoms with van der Waals surface area (Å²) in [6, 6.07) is 4.47. The lowest BCUT2D eigenvalue weighted by Gasteiger charge is -2.42. The van der Waals surface area contributed by atoms with E-state index >= 15 is 0 Å². The molecule has 0 aromatic heterocycles. The predicted molar refractivity (Wildman–Crippen MR) is 83.2 cm³/mol. The van der Waals surface area contributed by atoms with Crippen LogP contribution in [0.4, 0.5) is 0 Å². The van der Waals surface area contributed by atoms with E-state index in [2.05, 4.69) is 12.2 Å². The fraction of sp³-hybridized carbons (Fsp3) is 0.533. The highest BCUT2D eigenvalue weighted by molar-refractivity contribution is 8.13. The Bertz CT molecular complexity index is 645. The van der Waals surface area contributed by atoms with Crippen molar-refractivity contribution in [3.05, 3.63) is 29.3 Å². The maximum atomic E-state index is 12.5. The summed E-state index contributed by atoms with van der Waals surface area (Å²) in [5.41, 5.74) is 1.10. The number of hydrogen-bond acceptors (Lipinski definition) is 3. The van der Waals surface area contributed by atoms with Crippen molar-refractivity contribution in [3.63, 3.8) is 0 Å². The van der Waals surface area contributed by atoms with E-state index in [0.29, 0.717) is 12.0 Å². The van der Waals surface area contributed by atoms with Gasteiger partial charge in [-0.3, -0.25) is 4.79 Å². The molecule has 0 atom stereocenters. The van der Waals surface area contributed by atoms with Gasteiger partial charge in [-0.1, -0.05) is 19.9 Å². The van der Waals surface area contributed by atoms with Crippen molar-refractivity contribution in [1.82, 2.24) is 5.32 Å². The summed E-state index contributed by atoms with van der Waals surface area (Å²) < 4.78 is 22.9. The average molecular weight is 330 g/mol. The van der Waals surface area contributed by atoms with Crippen molar-refractivity contribution in [2.45, 2.75) is 56.4 Å². The molecule has 0 spiro atoms. The van der Waals surface area contributed by atoms with E-state index in [1.165, 1.54) is 12.1 Å². The molecule has 0 heterocycles. The summed E-state index contributed by atoms with van der Waals surface area (Å²) in [6.07, 6.45) is 4.61. The first kappa shape index (κ1) is 16.3. The molecule has 0 aliphatic heterocycles. The SMILES string of the molecule is CCc1ccc(S(=O)(=O)Cl)cc1C(=O)NC1(CC)CCC1. The van der Waals surface area contributed by atoms with Crippen molar-refractivity contribution in [2.75, 3.05) is 0 Å². The van der Waals surface area contributed by atoms with E-state index in [0.717, 1.165) is 31.2 Å². The Morgan fingerprint density at radius 3 is 2.43 bits per heavy atom. The molecule has 0 radical (unpaired) electrons. The molecule has 1 aliphatic rings. The van der Waals surface area contributed by atoms with Crippen LogP contribution in [0.1, 0.15) is 55.5 Å². The van der Waals surface area contributed by atoms with Crippen LogP contribution < -0.4 is 5.32 Å². The number of amides is 1. The Kier molecular flexibility index (Phi) is 4.63. The number of aryl methyl sites for hydroxylation is 1. The number of nitrogens with one attached hydrogen (secondary N) is 1. The number of benzene rings is 1. The fourth-order valence-corrected chi connectivity index (χ4v) is 3.48. The third-order valence-electron chi connectivity index (χ3n) is 4.35. The summed E-state index contributed by atoms with van der Waals surface area (Å²) in [6.45, 7) is 3.99. The summed E-state index contributed by atoms with van der Waals surface area (Å²) in [7, 11) is 1.54. The molecule has 6 heteroatoms. The van der Waals surface area contributed by atoms with Gasteiger partial charge in [0.2, 0.25) is 0 Å². The first-order valence-electron chi connectivity index (χ1n) is 7.21. The Balaban J connectivity index is 2.34. The van der Waals surface area contributed by atoms with Crippen molar-refractivity contribution >= 4 is 25.6 Å². The molecule has 0 bridgehead atoms. The smallest absolute Gasteiger partial charge is 0.261 e. The van der Waals surface area contributed by atoms with Crippen LogP contribution >= 0.6 is 10.7 Å². The van der Waals surface area contributed by atoms with Gasteiger partial charge in [0.25, 0.3) is 15.0 Å². The molecule has 116 valence electrons. The van der Waals surface area contributed by atoms with Gasteiger partial charge in [0, 0.05) is 21.8 Å². The van der Waals surface area contributed by atoms with E-state index < -0.39 is 9.05 Å². The second kappa shape index (κ2) is 5.97. The molecule has 1 N–H and O–H groups in total. The number of hydrogen-bond donors (Lipinski definition) is 1. The summed E-state index contributed by atoms with van der Waals surface area (Å²) in [5.74, 6) is -0.212. The second-order valence-corrected chi connectivity index (χ2v) is 8.12. The Morgan fingerprint density at radius 2 is 2.00 bits per heavy atom. The highest BCUT2D eigenvalue weighted by atomic mass is 35.7. The summed E-state index contributed by atoms with van der Waals surface area (Å²) in [5, 5.41) is 3.07. The molecule has 1 aromatic carbocycles. The number of rotatable bonds is 5. The van der Waals surface area contributed by atoms with Gasteiger partial charge in [-0.05, 0) is 49.8 Å². The standard InChI is InChI=1S/C15H20ClNO3S/c1-3-11-6-7-12(21(16,19)20)10-13(11)14(18)17-15(4-2)8-5-9-15/h6-7,10H,3-5,8-9H2,1-2H3,(H,17,18). The molecule has 21 heavy (non-hydrogen) atoms. The van der Waals surface area contributed by atoms with Crippen LogP contribution in [0.2, 0.25) is 0 Å². The van der Waals surface area contributed by atoms with Crippen LogP contribution in [-0.2, 0) is 15.5 Å². The lowest BCUT2D eigenvalue weighted by Crippen LogP contribution is -2.53. The molecule has 1 aliphatic carbocycles. The van der Waals surface area contributed by atoms with Crippen molar-refractivity contribution < 1.29 is 13.2 Å². The monoisotopic (exact) mass is 329 g/mol. The minimum Gasteiger partial charge on any atom is -0.347 e. The highest BCUT2D eigenvalue weighted by Gasteiger charge is 2.37. The minimum atomic E-state index is -3.83. The predicted octanol–water partition coefficient (Wildman–Crippen LogP) is 3.24. The first-order valence-corrected chi connectivity index (χ1v) is 9.52. The van der Waals surface area contributed by atoms with Crippen molar-refractivity contribution in [3.8, 4) is 0 Å². The van der Waals surface area contributed by atoms with Gasteiger partial charge in [0.1, 0.15) is 0 Å². The maximum Gasteiger partial charge on any atom is 0.261 e. The van der Waals surface area contributed by atoms with Crippen LogP contribution in [0.15, 0.2) is 23.1 Å². The molecular formula is C15H20ClNO3S. The van der Waals surface area contributed by atoms with Gasteiger partial charge < -0.3 is 5.32 Å². The average Bonchev–Trinajstić information content (AvgIpc) is 2.40. The molecule has 1 aromatic rings. The lowest BCUT2D eigenvalue weighted by molar-refractivity contribution is 0.0819. The number of carbonyl (C=O) groups is 1. The molecule has 1 fully saturated rings. The van der Waals surface area contributed by atoms with Gasteiger partial charge >= 0.3 is 0 Å². The third kappa shape index (κ3) is 3.40. The van der Waals surface area contributed by atoms with Crippen LogP contribution in [0.25, 0.3) is 0 Å². The van der Waals surface area contributed by atoms with Gasteiger partial charge in [-0.15, -0.1) is 0 Å². The van der Waals surface area contributed by atoms with Gasteiger partial charge in [-0.25, -0.2) is 8.42 Å². The van der Waals surface area contributed by atoms with Crippen LogP contribution in [0.3, 0.4) is 0 Å². The van der Waals surface area contributed by atoms with Crippen molar-refractivity contribution in [2.24, 2.45) is 0 Å². The fourth-order valence-electron chi connectivity index (χ4n) is 2.71. The first-order chi connectivity index (χ1) is 9.81. The molecule has 1 saturated carbocycles. The molecule has 1 amide bonds. The zero-order chi connectivity index (χ0) is 15.7. The third-order valence-corrected chi connectivity index (χ3v) is 5.71. The van der Waals surface area contributed by atoms with Crippen LogP contribution in [0.5, 0.6) is 0 Å². The number of halogens is 1. The minimum absolute atomic E-state index is 0.0364. The summed E-state index contributed by atoms with van der Waals surface area (Å²) in [4.78, 5) is 12.5. The zero-order valence-corrected chi connectivity index (χ0v) is 13.9. The lowest BCUT2D eigenvalue weighted by atomic mass is 9.74. The maximum absolute atomic E-state index is 12.5. The van der Waals surface area contributed by atoms with Crippen LogP contribution in [0, 0.1) is 0 Å². The molecule has 4 nitrogen and oxygen atoms in total. The Labute approximate surface area is 130 Å². The van der Waals surface area contributed by atoms with Gasteiger partial charge in [0.05, 0.1) is 4.90 Å².